The molecule has 3 aromatic rings. The number of urea groups is 1. The van der Waals surface area contributed by atoms with E-state index in [-0.39, 0.29) is 35.3 Å². The van der Waals surface area contributed by atoms with Crippen LogP contribution < -0.4 is 10.6 Å². The maximum atomic E-state index is 14.6. The fraction of sp³-hybridized carbons (Fsp3) is 0.351. The van der Waals surface area contributed by atoms with Gasteiger partial charge in [-0.05, 0) is 63.5 Å². The number of allylic oxidation sites excluding steroid dienone is 5. The summed E-state index contributed by atoms with van der Waals surface area (Å²) in [6.45, 7) is 8.87. The number of aryl methyl sites for hydroxylation is 3. The summed E-state index contributed by atoms with van der Waals surface area (Å²) in [5, 5.41) is 9.30. The standard InChI is InChI=1S/C26H28F4N6O3S.C11H14F2O/c1-5-7-17(11-19(27)14-32-25(39)33-16(3)40-15-20(37)8-6-2)22-12-23(36(4)35-22)34-24(38)21-10-9-18(13-31-21)26(28,29)30;1-8-3-4-10(9(2)5-8)6-14-7-11(12)13/h5,7,9-14H,6,8,15H2,1-4H3,(H,32,39)(H,34,38);3-5,11H,6-7H2,1-2H3/b7-5-,17-11+,19-14-,33-16-;. The normalized spacial score (nSPS) is 12.5. The molecule has 3 amide bonds. The molecule has 0 saturated carbocycles. The van der Waals surface area contributed by atoms with E-state index in [1.165, 1.54) is 23.4 Å². The molecule has 2 aromatic heterocycles. The largest absolute Gasteiger partial charge is 0.417 e. The van der Waals surface area contributed by atoms with Gasteiger partial charge in [0.25, 0.3) is 12.3 Å². The maximum absolute atomic E-state index is 14.6. The fourth-order valence-corrected chi connectivity index (χ4v) is 4.98. The number of aromatic nitrogens is 3. The van der Waals surface area contributed by atoms with Crippen molar-refractivity contribution in [1.29, 1.82) is 0 Å². The molecular weight excluding hydrogens is 738 g/mol. The first kappa shape index (κ1) is 45.1. The highest BCUT2D eigenvalue weighted by atomic mass is 32.2. The number of carbonyl (C=O) groups excluding carboxylic acids is 3. The molecule has 54 heavy (non-hydrogen) atoms. The quantitative estimate of drug-likeness (QED) is 0.0723. The number of halogens is 6. The number of benzene rings is 1. The lowest BCUT2D eigenvalue weighted by Crippen LogP contribution is -2.16. The van der Waals surface area contributed by atoms with Crippen LogP contribution in [0.15, 0.2) is 77.8 Å². The van der Waals surface area contributed by atoms with Crippen LogP contribution in [0.4, 0.5) is 37.0 Å². The summed E-state index contributed by atoms with van der Waals surface area (Å²) in [6, 6.07) is 8.20. The van der Waals surface area contributed by atoms with Gasteiger partial charge in [0.1, 0.15) is 29.7 Å². The highest BCUT2D eigenvalue weighted by molar-refractivity contribution is 8.14. The molecule has 10 nitrogen and oxygen atoms in total. The van der Waals surface area contributed by atoms with Gasteiger partial charge in [0.15, 0.2) is 0 Å². The van der Waals surface area contributed by atoms with Crippen molar-refractivity contribution < 1.29 is 45.5 Å². The van der Waals surface area contributed by atoms with Crippen molar-refractivity contribution in [1.82, 2.24) is 20.1 Å². The average Bonchev–Trinajstić information content (AvgIpc) is 3.46. The van der Waals surface area contributed by atoms with Gasteiger partial charge in [-0.1, -0.05) is 42.8 Å². The van der Waals surface area contributed by atoms with Crippen LogP contribution in [0, 0.1) is 13.8 Å². The van der Waals surface area contributed by atoms with Gasteiger partial charge >= 0.3 is 12.2 Å². The molecular formula is C37H42F6N6O4S. The average molecular weight is 781 g/mol. The Kier molecular flexibility index (Phi) is 18.6. The lowest BCUT2D eigenvalue weighted by atomic mass is 10.1. The second-order valence-corrected chi connectivity index (χ2v) is 12.7. The van der Waals surface area contributed by atoms with E-state index >= 15 is 0 Å². The van der Waals surface area contributed by atoms with Gasteiger partial charge in [0, 0.05) is 37.5 Å². The lowest BCUT2D eigenvalue weighted by molar-refractivity contribution is -0.137. The Morgan fingerprint density at radius 3 is 2.41 bits per heavy atom. The zero-order valence-corrected chi connectivity index (χ0v) is 31.4. The third-order valence-corrected chi connectivity index (χ3v) is 7.92. The maximum Gasteiger partial charge on any atom is 0.417 e. The van der Waals surface area contributed by atoms with Crippen LogP contribution in [-0.2, 0) is 29.4 Å². The van der Waals surface area contributed by atoms with Gasteiger partial charge < -0.3 is 15.4 Å². The first-order chi connectivity index (χ1) is 25.4. The topological polar surface area (TPSA) is 128 Å². The number of nitrogens with one attached hydrogen (secondary N) is 2. The van der Waals surface area contributed by atoms with Crippen LogP contribution in [0.1, 0.15) is 72.0 Å². The highest BCUT2D eigenvalue weighted by Gasteiger charge is 2.31. The number of amides is 3. The molecule has 0 aliphatic carbocycles. The molecule has 0 aliphatic heterocycles. The predicted octanol–water partition coefficient (Wildman–Crippen LogP) is 9.17. The summed E-state index contributed by atoms with van der Waals surface area (Å²) in [6.07, 6.45) is -0.141. The van der Waals surface area contributed by atoms with Crippen molar-refractivity contribution >= 4 is 45.9 Å². The van der Waals surface area contributed by atoms with Crippen molar-refractivity contribution in [3.8, 4) is 0 Å². The van der Waals surface area contributed by atoms with Crippen LogP contribution in [0.25, 0.3) is 5.57 Å². The Hall–Kier alpha value is -5.03. The van der Waals surface area contributed by atoms with E-state index in [0.717, 1.165) is 53.7 Å². The van der Waals surface area contributed by atoms with E-state index in [0.29, 0.717) is 23.2 Å². The van der Waals surface area contributed by atoms with Crippen LogP contribution >= 0.6 is 11.8 Å². The van der Waals surface area contributed by atoms with Crippen LogP contribution in [0.3, 0.4) is 0 Å². The Morgan fingerprint density at radius 2 is 1.81 bits per heavy atom. The molecule has 292 valence electrons. The van der Waals surface area contributed by atoms with E-state index in [1.54, 1.807) is 26.0 Å². The van der Waals surface area contributed by atoms with Crippen molar-refractivity contribution in [3.63, 3.8) is 0 Å². The van der Waals surface area contributed by atoms with Crippen LogP contribution in [0.2, 0.25) is 0 Å². The smallest absolute Gasteiger partial charge is 0.371 e. The fourth-order valence-electron chi connectivity index (χ4n) is 4.32. The molecule has 3 rings (SSSR count). The van der Waals surface area contributed by atoms with Crippen molar-refractivity contribution in [2.45, 2.75) is 66.7 Å². The summed E-state index contributed by atoms with van der Waals surface area (Å²) in [7, 11) is 1.51. The number of aliphatic imine (C=N–C) groups is 1. The number of Topliss-reactive ketones (excluding diaryl/α,β-unsaturated/α-hetero) is 1. The highest BCUT2D eigenvalue weighted by Crippen LogP contribution is 2.28. The summed E-state index contributed by atoms with van der Waals surface area (Å²) < 4.78 is 82.5. The minimum Gasteiger partial charge on any atom is -0.371 e. The number of thioether (sulfide) groups is 1. The zero-order chi connectivity index (χ0) is 40.4. The van der Waals surface area contributed by atoms with Crippen LogP contribution in [-0.4, -0.2) is 56.3 Å². The van der Waals surface area contributed by atoms with Gasteiger partial charge in [-0.2, -0.15) is 23.3 Å². The van der Waals surface area contributed by atoms with Crippen LogP contribution in [0.5, 0.6) is 0 Å². The van der Waals surface area contributed by atoms with Crippen molar-refractivity contribution in [2.24, 2.45) is 12.0 Å². The first-order valence-corrected chi connectivity index (χ1v) is 17.4. The predicted molar refractivity (Wildman–Crippen MR) is 198 cm³/mol. The van der Waals surface area contributed by atoms with Gasteiger partial charge in [-0.15, -0.1) is 11.8 Å². The van der Waals surface area contributed by atoms with Gasteiger partial charge in [-0.25, -0.2) is 18.0 Å². The Bertz CT molecular complexity index is 1850. The molecule has 17 heteroatoms. The monoisotopic (exact) mass is 780 g/mol. The Morgan fingerprint density at radius 1 is 1.09 bits per heavy atom. The molecule has 0 unspecified atom stereocenters. The number of nitrogens with zero attached hydrogens (tertiary/aromatic N) is 4. The minimum absolute atomic E-state index is 0.0449. The summed E-state index contributed by atoms with van der Waals surface area (Å²) >= 11 is 1.12. The van der Waals surface area contributed by atoms with E-state index in [1.807, 2.05) is 39.0 Å². The number of alkyl halides is 5. The molecule has 2 N–H and O–H groups in total. The number of ketones is 1. The zero-order valence-electron chi connectivity index (χ0n) is 30.6. The molecule has 0 bridgehead atoms. The van der Waals surface area contributed by atoms with Gasteiger partial charge in [0.05, 0.1) is 28.7 Å². The molecule has 0 atom stereocenters. The second-order valence-electron chi connectivity index (χ2n) is 11.5. The third-order valence-electron chi connectivity index (χ3n) is 6.94. The molecule has 2 heterocycles. The molecule has 1 aromatic carbocycles. The van der Waals surface area contributed by atoms with E-state index in [4.69, 9.17) is 4.74 Å². The number of rotatable bonds is 14. The van der Waals surface area contributed by atoms with Gasteiger partial charge in [0.2, 0.25) is 0 Å². The third kappa shape index (κ3) is 16.3. The number of ether oxygens (including phenoxy) is 1. The summed E-state index contributed by atoms with van der Waals surface area (Å²) in [4.78, 5) is 43.4. The summed E-state index contributed by atoms with van der Waals surface area (Å²) in [5.74, 6) is -1.18. The molecule has 0 spiro atoms. The summed E-state index contributed by atoms with van der Waals surface area (Å²) in [5.41, 5.74) is 2.54. The number of hydrogen-bond donors (Lipinski definition) is 2. The SMILES string of the molecule is C\C=C/C(=C\C(F)=C\NC(=O)/N=C(/C)SCC(=O)CCC)c1cc(NC(=O)c2ccc(C(F)(F)F)cn2)n(C)n1.Cc1ccc(COCC(F)F)c(C)c1. The second kappa shape index (κ2) is 22.2. The number of hydrogen-bond acceptors (Lipinski definition) is 7. The van der Waals surface area contributed by atoms with E-state index < -0.39 is 42.5 Å². The molecule has 0 radical (unpaired) electrons. The van der Waals surface area contributed by atoms with Gasteiger partial charge in [-0.3, -0.25) is 19.3 Å². The van der Waals surface area contributed by atoms with Crippen molar-refractivity contribution in [2.75, 3.05) is 17.7 Å². The Balaban J connectivity index is 0.000000601. The molecule has 0 aliphatic rings. The van der Waals surface area contributed by atoms with Crippen molar-refractivity contribution in [3.05, 3.63) is 106 Å². The van der Waals surface area contributed by atoms with E-state index in [9.17, 15) is 40.7 Å². The molecule has 0 saturated heterocycles. The number of carbonyl (C=O) groups is 3. The first-order valence-electron chi connectivity index (χ1n) is 16.4. The number of pyridine rings is 1. The Labute approximate surface area is 313 Å². The molecule has 0 fully saturated rings. The van der Waals surface area contributed by atoms with E-state index in [2.05, 4.69) is 25.7 Å². The lowest BCUT2D eigenvalue weighted by Gasteiger charge is -2.07. The minimum atomic E-state index is -4.58. The number of anilines is 1.